The number of hydrogen-bond acceptors (Lipinski definition) is 5. The highest BCUT2D eigenvalue weighted by atomic mass is 16.6. The van der Waals surface area contributed by atoms with Crippen molar-refractivity contribution in [2.45, 2.75) is 51.0 Å². The van der Waals surface area contributed by atoms with Gasteiger partial charge in [0.25, 0.3) is 0 Å². The fourth-order valence-electron chi connectivity index (χ4n) is 5.43. The number of cyclic esters (lactones) is 1. The maximum atomic E-state index is 12.3. The molecule has 1 saturated carbocycles. The van der Waals surface area contributed by atoms with Gasteiger partial charge in [-0.1, -0.05) is 12.8 Å². The van der Waals surface area contributed by atoms with Gasteiger partial charge in [0.05, 0.1) is 11.8 Å². The quantitative estimate of drug-likeness (QED) is 0.810. The monoisotopic (exact) mass is 383 g/mol. The number of benzene rings is 1. The maximum absolute atomic E-state index is 12.3. The van der Waals surface area contributed by atoms with E-state index in [1.54, 1.807) is 0 Å². The molecule has 1 N–H and O–H groups in total. The molecule has 1 aromatic rings. The van der Waals surface area contributed by atoms with Gasteiger partial charge in [-0.25, -0.2) is 0 Å². The van der Waals surface area contributed by atoms with Crippen LogP contribution < -0.4 is 10.2 Å². The van der Waals surface area contributed by atoms with Gasteiger partial charge in [0.15, 0.2) is 0 Å². The van der Waals surface area contributed by atoms with Gasteiger partial charge in [-0.3, -0.25) is 14.5 Å². The predicted molar refractivity (Wildman–Crippen MR) is 107 cm³/mol. The SMILES string of the molecule is O=C1Cc2cc(N3CCN(CCC4CC5(CCCC5)C(=O)O4)CC3)ccc2N1. The number of nitrogens with one attached hydrogen (secondary N) is 1. The van der Waals surface area contributed by atoms with E-state index in [4.69, 9.17) is 4.74 Å². The van der Waals surface area contributed by atoms with Crippen LogP contribution in [0.2, 0.25) is 0 Å². The van der Waals surface area contributed by atoms with E-state index in [1.807, 2.05) is 6.07 Å². The molecule has 2 saturated heterocycles. The summed E-state index contributed by atoms with van der Waals surface area (Å²) in [5.74, 6) is 0.161. The van der Waals surface area contributed by atoms with E-state index < -0.39 is 0 Å². The Bertz CT molecular complexity index is 779. The second-order valence-electron chi connectivity index (χ2n) is 8.90. The molecule has 1 aliphatic carbocycles. The number of rotatable bonds is 4. The minimum absolute atomic E-state index is 0.0735. The van der Waals surface area contributed by atoms with Crippen LogP contribution in [0.4, 0.5) is 11.4 Å². The third-order valence-electron chi connectivity index (χ3n) is 7.10. The van der Waals surface area contributed by atoms with E-state index in [0.29, 0.717) is 6.42 Å². The molecular weight excluding hydrogens is 354 g/mol. The summed E-state index contributed by atoms with van der Waals surface area (Å²) in [4.78, 5) is 28.7. The number of ether oxygens (including phenoxy) is 1. The van der Waals surface area contributed by atoms with E-state index in [9.17, 15) is 9.59 Å². The number of fused-ring (bicyclic) bond motifs is 1. The number of anilines is 2. The normalized spacial score (nSPS) is 26.6. The van der Waals surface area contributed by atoms with Crippen LogP contribution in [0.3, 0.4) is 0 Å². The van der Waals surface area contributed by atoms with Gasteiger partial charge in [-0.2, -0.15) is 0 Å². The summed E-state index contributed by atoms with van der Waals surface area (Å²) in [5, 5.41) is 2.90. The zero-order valence-electron chi connectivity index (χ0n) is 16.4. The van der Waals surface area contributed by atoms with Crippen LogP contribution in [0.1, 0.15) is 44.1 Å². The molecule has 0 bridgehead atoms. The Morgan fingerprint density at radius 2 is 1.89 bits per heavy atom. The molecular formula is C22H29N3O3. The summed E-state index contributed by atoms with van der Waals surface area (Å²) < 4.78 is 5.72. The lowest BCUT2D eigenvalue weighted by atomic mass is 9.83. The first kappa shape index (κ1) is 18.0. The van der Waals surface area contributed by atoms with Crippen molar-refractivity contribution >= 4 is 23.3 Å². The summed E-state index contributed by atoms with van der Waals surface area (Å²) in [6, 6.07) is 6.29. The molecule has 150 valence electrons. The second kappa shape index (κ2) is 7.07. The first-order valence-corrected chi connectivity index (χ1v) is 10.7. The highest BCUT2D eigenvalue weighted by Gasteiger charge is 2.50. The van der Waals surface area contributed by atoms with E-state index in [-0.39, 0.29) is 23.4 Å². The van der Waals surface area contributed by atoms with Crippen molar-refractivity contribution in [1.29, 1.82) is 0 Å². The number of piperazine rings is 1. The van der Waals surface area contributed by atoms with Crippen molar-refractivity contribution in [3.05, 3.63) is 23.8 Å². The van der Waals surface area contributed by atoms with E-state index in [2.05, 4.69) is 27.2 Å². The Morgan fingerprint density at radius 1 is 1.11 bits per heavy atom. The first-order chi connectivity index (χ1) is 13.6. The van der Waals surface area contributed by atoms with Crippen molar-refractivity contribution in [3.63, 3.8) is 0 Å². The minimum atomic E-state index is -0.132. The van der Waals surface area contributed by atoms with Gasteiger partial charge < -0.3 is 15.0 Å². The molecule has 6 heteroatoms. The van der Waals surface area contributed by atoms with Gasteiger partial charge in [0.1, 0.15) is 6.10 Å². The maximum Gasteiger partial charge on any atom is 0.312 e. The lowest BCUT2D eigenvalue weighted by Gasteiger charge is -2.36. The third-order valence-corrected chi connectivity index (χ3v) is 7.10. The van der Waals surface area contributed by atoms with Gasteiger partial charge >= 0.3 is 5.97 Å². The molecule has 1 spiro atoms. The zero-order chi connectivity index (χ0) is 19.1. The average molecular weight is 383 g/mol. The summed E-state index contributed by atoms with van der Waals surface area (Å²) in [6.45, 7) is 5.05. The molecule has 0 aromatic heterocycles. The van der Waals surface area contributed by atoms with Crippen LogP contribution in [0.15, 0.2) is 18.2 Å². The van der Waals surface area contributed by atoms with Gasteiger partial charge in [-0.05, 0) is 43.0 Å². The van der Waals surface area contributed by atoms with Gasteiger partial charge in [0, 0.05) is 50.5 Å². The first-order valence-electron chi connectivity index (χ1n) is 10.7. The number of nitrogens with zero attached hydrogens (tertiary/aromatic N) is 2. The van der Waals surface area contributed by atoms with E-state index in [1.165, 1.54) is 18.5 Å². The van der Waals surface area contributed by atoms with Crippen molar-refractivity contribution < 1.29 is 14.3 Å². The molecule has 28 heavy (non-hydrogen) atoms. The molecule has 1 amide bonds. The highest BCUT2D eigenvalue weighted by molar-refractivity contribution is 5.99. The summed E-state index contributed by atoms with van der Waals surface area (Å²) in [5.41, 5.74) is 3.14. The molecule has 1 aromatic carbocycles. The molecule has 0 radical (unpaired) electrons. The predicted octanol–water partition coefficient (Wildman–Crippen LogP) is 2.57. The Labute approximate surface area is 166 Å². The Balaban J connectivity index is 1.11. The molecule has 6 nitrogen and oxygen atoms in total. The van der Waals surface area contributed by atoms with Crippen molar-refractivity contribution in [2.24, 2.45) is 5.41 Å². The molecule has 1 unspecified atom stereocenters. The molecule has 3 aliphatic heterocycles. The van der Waals surface area contributed by atoms with Crippen LogP contribution in [0.25, 0.3) is 0 Å². The van der Waals surface area contributed by atoms with E-state index >= 15 is 0 Å². The fourth-order valence-corrected chi connectivity index (χ4v) is 5.43. The minimum Gasteiger partial charge on any atom is -0.462 e. The Hall–Kier alpha value is -2.08. The van der Waals surface area contributed by atoms with Crippen molar-refractivity contribution in [2.75, 3.05) is 42.9 Å². The lowest BCUT2D eigenvalue weighted by molar-refractivity contribution is -0.148. The topological polar surface area (TPSA) is 61.9 Å². The number of hydrogen-bond donors (Lipinski definition) is 1. The summed E-state index contributed by atoms with van der Waals surface area (Å²) in [7, 11) is 0. The molecule has 3 heterocycles. The highest BCUT2D eigenvalue weighted by Crippen LogP contribution is 2.48. The second-order valence-corrected chi connectivity index (χ2v) is 8.90. The van der Waals surface area contributed by atoms with Crippen molar-refractivity contribution in [3.8, 4) is 0 Å². The van der Waals surface area contributed by atoms with E-state index in [0.717, 1.165) is 69.7 Å². The largest absolute Gasteiger partial charge is 0.462 e. The van der Waals surface area contributed by atoms with Crippen LogP contribution in [-0.2, 0) is 20.7 Å². The standard InChI is InChI=1S/C22H29N3O3/c26-20-14-16-13-17(3-4-19(16)23-20)25-11-9-24(10-12-25)8-5-18-15-22(21(27)28-18)6-1-2-7-22/h3-4,13,18H,1-2,5-12,14-15H2,(H,23,26). The van der Waals surface area contributed by atoms with Gasteiger partial charge in [0.2, 0.25) is 5.91 Å². The lowest BCUT2D eigenvalue weighted by Crippen LogP contribution is -2.47. The Morgan fingerprint density at radius 3 is 2.68 bits per heavy atom. The molecule has 4 aliphatic rings. The zero-order valence-corrected chi connectivity index (χ0v) is 16.4. The number of carbonyl (C=O) groups excluding carboxylic acids is 2. The number of amides is 1. The number of esters is 1. The summed E-state index contributed by atoms with van der Waals surface area (Å²) >= 11 is 0. The third kappa shape index (κ3) is 3.28. The average Bonchev–Trinajstić information content (AvgIpc) is 3.39. The van der Waals surface area contributed by atoms with Crippen LogP contribution in [0.5, 0.6) is 0 Å². The van der Waals surface area contributed by atoms with Crippen LogP contribution in [-0.4, -0.2) is 55.6 Å². The summed E-state index contributed by atoms with van der Waals surface area (Å²) in [6.07, 6.45) is 6.92. The van der Waals surface area contributed by atoms with Crippen LogP contribution >= 0.6 is 0 Å². The molecule has 3 fully saturated rings. The molecule has 5 rings (SSSR count). The Kier molecular flexibility index (Phi) is 4.54. The smallest absolute Gasteiger partial charge is 0.312 e. The molecule has 1 atom stereocenters. The number of carbonyl (C=O) groups is 2. The van der Waals surface area contributed by atoms with Crippen molar-refractivity contribution in [1.82, 2.24) is 4.90 Å². The fraction of sp³-hybridized carbons (Fsp3) is 0.636. The van der Waals surface area contributed by atoms with Gasteiger partial charge in [-0.15, -0.1) is 0 Å². The van der Waals surface area contributed by atoms with Crippen LogP contribution in [0, 0.1) is 5.41 Å².